The molecule has 0 aliphatic carbocycles. The first-order valence-electron chi connectivity index (χ1n) is 7.70. The van der Waals surface area contributed by atoms with Crippen LogP contribution in [0.4, 0.5) is 5.69 Å². The molecule has 0 radical (unpaired) electrons. The minimum absolute atomic E-state index is 0.377. The highest BCUT2D eigenvalue weighted by atomic mass is 16.5. The second-order valence-corrected chi connectivity index (χ2v) is 5.44. The van der Waals surface area contributed by atoms with Gasteiger partial charge in [-0.1, -0.05) is 33.1 Å². The van der Waals surface area contributed by atoms with Crippen molar-refractivity contribution in [1.29, 1.82) is 0 Å². The van der Waals surface area contributed by atoms with Gasteiger partial charge in [-0.05, 0) is 30.7 Å². The van der Waals surface area contributed by atoms with Gasteiger partial charge < -0.3 is 14.7 Å². The summed E-state index contributed by atoms with van der Waals surface area (Å²) < 4.78 is 5.17. The first-order chi connectivity index (χ1) is 10.1. The zero-order valence-corrected chi connectivity index (χ0v) is 13.3. The molecule has 1 aromatic rings. The van der Waals surface area contributed by atoms with E-state index in [4.69, 9.17) is 9.84 Å². The number of aliphatic carboxylic acids is 1. The van der Waals surface area contributed by atoms with Gasteiger partial charge in [0.15, 0.2) is 0 Å². The molecule has 1 aromatic carbocycles. The molecule has 4 heteroatoms. The molecular formula is C17H27NO3. The van der Waals surface area contributed by atoms with Crippen LogP contribution in [-0.2, 0) is 4.79 Å². The van der Waals surface area contributed by atoms with Gasteiger partial charge in [-0.2, -0.15) is 0 Å². The number of rotatable bonds is 10. The Kier molecular flexibility index (Phi) is 7.65. The van der Waals surface area contributed by atoms with E-state index in [1.165, 1.54) is 19.3 Å². The third-order valence-corrected chi connectivity index (χ3v) is 3.63. The molecule has 21 heavy (non-hydrogen) atoms. The molecular weight excluding hydrogens is 266 g/mol. The zero-order valence-electron chi connectivity index (χ0n) is 13.3. The lowest BCUT2D eigenvalue weighted by Crippen LogP contribution is -2.32. The fraction of sp³-hybridized carbons (Fsp3) is 0.588. The van der Waals surface area contributed by atoms with Crippen molar-refractivity contribution in [3.05, 3.63) is 24.3 Å². The van der Waals surface area contributed by atoms with Gasteiger partial charge in [0, 0.05) is 18.8 Å². The van der Waals surface area contributed by atoms with E-state index in [0.717, 1.165) is 24.4 Å². The molecule has 0 fully saturated rings. The van der Waals surface area contributed by atoms with Crippen LogP contribution in [-0.4, -0.2) is 31.3 Å². The highest BCUT2D eigenvalue weighted by Gasteiger charge is 2.16. The van der Waals surface area contributed by atoms with Gasteiger partial charge in [0.25, 0.3) is 0 Å². The number of hydrogen-bond donors (Lipinski definition) is 1. The van der Waals surface area contributed by atoms with E-state index in [1.807, 2.05) is 24.3 Å². The Hall–Kier alpha value is -1.71. The van der Waals surface area contributed by atoms with Crippen molar-refractivity contribution >= 4 is 11.7 Å². The molecule has 0 aliphatic rings. The highest BCUT2D eigenvalue weighted by Crippen LogP contribution is 2.21. The van der Waals surface area contributed by atoms with Crippen LogP contribution in [0.15, 0.2) is 24.3 Å². The monoisotopic (exact) mass is 293 g/mol. The second kappa shape index (κ2) is 9.27. The molecule has 1 rings (SSSR count). The first kappa shape index (κ1) is 17.3. The van der Waals surface area contributed by atoms with E-state index in [1.54, 1.807) is 14.0 Å². The number of unbranched alkanes of at least 4 members (excludes halogenated alkanes) is 3. The summed E-state index contributed by atoms with van der Waals surface area (Å²) in [5, 5.41) is 9.12. The van der Waals surface area contributed by atoms with Crippen LogP contribution in [0.5, 0.6) is 5.75 Å². The molecule has 1 unspecified atom stereocenters. The Morgan fingerprint density at radius 2 is 1.90 bits per heavy atom. The lowest BCUT2D eigenvalue weighted by atomic mass is 10.1. The van der Waals surface area contributed by atoms with E-state index in [-0.39, 0.29) is 5.92 Å². The molecule has 1 N–H and O–H groups in total. The van der Waals surface area contributed by atoms with Gasteiger partial charge in [0.1, 0.15) is 5.75 Å². The van der Waals surface area contributed by atoms with Crippen LogP contribution in [0.1, 0.15) is 39.5 Å². The molecule has 0 aromatic heterocycles. The lowest BCUT2D eigenvalue weighted by Gasteiger charge is -2.27. The van der Waals surface area contributed by atoms with E-state index >= 15 is 0 Å². The predicted octanol–water partition coefficient (Wildman–Crippen LogP) is 3.80. The maximum Gasteiger partial charge on any atom is 0.308 e. The number of hydrogen-bond acceptors (Lipinski definition) is 3. The number of ether oxygens (including phenoxy) is 1. The lowest BCUT2D eigenvalue weighted by molar-refractivity contribution is -0.140. The molecule has 0 saturated carbocycles. The van der Waals surface area contributed by atoms with Crippen molar-refractivity contribution < 1.29 is 14.6 Å². The Balaban J connectivity index is 2.71. The van der Waals surface area contributed by atoms with E-state index in [2.05, 4.69) is 11.8 Å². The number of carboxylic acid groups (broad SMARTS) is 1. The standard InChI is InChI=1S/C17H27NO3/c1-4-5-6-7-12-18(13-14(2)17(19)20)15-8-10-16(21-3)11-9-15/h8-11,14H,4-7,12-13H2,1-3H3,(H,19,20). The smallest absolute Gasteiger partial charge is 0.308 e. The predicted molar refractivity (Wildman–Crippen MR) is 86.1 cm³/mol. The van der Waals surface area contributed by atoms with Gasteiger partial charge in [-0.3, -0.25) is 4.79 Å². The summed E-state index contributed by atoms with van der Waals surface area (Å²) in [4.78, 5) is 13.3. The third-order valence-electron chi connectivity index (χ3n) is 3.63. The molecule has 0 saturated heterocycles. The van der Waals surface area contributed by atoms with Crippen molar-refractivity contribution in [2.45, 2.75) is 39.5 Å². The Morgan fingerprint density at radius 3 is 2.43 bits per heavy atom. The van der Waals surface area contributed by atoms with Crippen molar-refractivity contribution in [3.63, 3.8) is 0 Å². The van der Waals surface area contributed by atoms with E-state index in [9.17, 15) is 4.79 Å². The number of methoxy groups -OCH3 is 1. The molecule has 1 atom stereocenters. The highest BCUT2D eigenvalue weighted by molar-refractivity contribution is 5.70. The van der Waals surface area contributed by atoms with Crippen LogP contribution >= 0.6 is 0 Å². The zero-order chi connectivity index (χ0) is 15.7. The summed E-state index contributed by atoms with van der Waals surface area (Å²) in [6, 6.07) is 7.82. The Morgan fingerprint density at radius 1 is 1.24 bits per heavy atom. The average Bonchev–Trinajstić information content (AvgIpc) is 2.50. The molecule has 4 nitrogen and oxygen atoms in total. The maximum absolute atomic E-state index is 11.1. The fourth-order valence-corrected chi connectivity index (χ4v) is 2.26. The minimum Gasteiger partial charge on any atom is -0.497 e. The van der Waals surface area contributed by atoms with Crippen molar-refractivity contribution in [2.24, 2.45) is 5.92 Å². The number of benzene rings is 1. The quantitative estimate of drug-likeness (QED) is 0.667. The second-order valence-electron chi connectivity index (χ2n) is 5.44. The van der Waals surface area contributed by atoms with Gasteiger partial charge in [-0.15, -0.1) is 0 Å². The molecule has 0 bridgehead atoms. The van der Waals surface area contributed by atoms with Crippen LogP contribution < -0.4 is 9.64 Å². The Labute approximate surface area is 127 Å². The van der Waals surface area contributed by atoms with Crippen molar-refractivity contribution in [2.75, 3.05) is 25.1 Å². The third kappa shape index (κ3) is 6.06. The molecule has 118 valence electrons. The van der Waals surface area contributed by atoms with Crippen LogP contribution in [0.3, 0.4) is 0 Å². The van der Waals surface area contributed by atoms with Crippen LogP contribution in [0.25, 0.3) is 0 Å². The normalized spacial score (nSPS) is 12.0. The number of carboxylic acids is 1. The SMILES string of the molecule is CCCCCCN(CC(C)C(=O)O)c1ccc(OC)cc1. The van der Waals surface area contributed by atoms with Crippen LogP contribution in [0, 0.1) is 5.92 Å². The van der Waals surface area contributed by atoms with Crippen molar-refractivity contribution in [1.82, 2.24) is 0 Å². The largest absolute Gasteiger partial charge is 0.497 e. The fourth-order valence-electron chi connectivity index (χ4n) is 2.26. The first-order valence-corrected chi connectivity index (χ1v) is 7.70. The molecule has 0 amide bonds. The molecule has 0 heterocycles. The molecule has 0 aliphatic heterocycles. The van der Waals surface area contributed by atoms with Gasteiger partial charge in [0.2, 0.25) is 0 Å². The van der Waals surface area contributed by atoms with E-state index in [0.29, 0.717) is 6.54 Å². The summed E-state index contributed by atoms with van der Waals surface area (Å²) in [6.07, 6.45) is 4.70. The average molecular weight is 293 g/mol. The number of nitrogens with zero attached hydrogens (tertiary/aromatic N) is 1. The van der Waals surface area contributed by atoms with Crippen LogP contribution in [0.2, 0.25) is 0 Å². The number of carbonyl (C=O) groups is 1. The van der Waals surface area contributed by atoms with Gasteiger partial charge >= 0.3 is 5.97 Å². The summed E-state index contributed by atoms with van der Waals surface area (Å²) in [7, 11) is 1.64. The summed E-state index contributed by atoms with van der Waals surface area (Å²) in [5.74, 6) is -0.309. The van der Waals surface area contributed by atoms with Crippen molar-refractivity contribution in [3.8, 4) is 5.75 Å². The number of anilines is 1. The topological polar surface area (TPSA) is 49.8 Å². The minimum atomic E-state index is -0.748. The van der Waals surface area contributed by atoms with E-state index < -0.39 is 5.97 Å². The summed E-state index contributed by atoms with van der Waals surface area (Å²) in [5.41, 5.74) is 1.06. The summed E-state index contributed by atoms with van der Waals surface area (Å²) in [6.45, 7) is 5.37. The maximum atomic E-state index is 11.1. The van der Waals surface area contributed by atoms with Gasteiger partial charge in [0.05, 0.1) is 13.0 Å². The molecule has 0 spiro atoms. The van der Waals surface area contributed by atoms with Gasteiger partial charge in [-0.25, -0.2) is 0 Å². The Bertz CT molecular complexity index is 417. The summed E-state index contributed by atoms with van der Waals surface area (Å²) >= 11 is 0.